The first-order valence-corrected chi connectivity index (χ1v) is 4.68. The van der Waals surface area contributed by atoms with Crippen LogP contribution in [0.2, 0.25) is 5.02 Å². The summed E-state index contributed by atoms with van der Waals surface area (Å²) in [5, 5.41) is 0.686. The summed E-state index contributed by atoms with van der Waals surface area (Å²) in [6.45, 7) is 0.456. The minimum atomic E-state index is 0.456. The maximum Gasteiger partial charge on any atom is 0.139 e. The molecule has 4 heteroatoms. The van der Waals surface area contributed by atoms with Crippen LogP contribution in [-0.2, 0) is 6.54 Å². The lowest BCUT2D eigenvalue weighted by Crippen LogP contribution is -1.95. The molecule has 0 saturated carbocycles. The number of H-pyrrole nitrogens is 1. The van der Waals surface area contributed by atoms with E-state index in [-0.39, 0.29) is 0 Å². The number of hydrogen-bond acceptors (Lipinski definition) is 2. The van der Waals surface area contributed by atoms with Crippen LogP contribution in [-0.4, -0.2) is 9.97 Å². The van der Waals surface area contributed by atoms with Crippen molar-refractivity contribution in [1.29, 1.82) is 0 Å². The topological polar surface area (TPSA) is 54.7 Å². The number of hydrogen-bond donors (Lipinski definition) is 2. The Morgan fingerprint density at radius 3 is 2.79 bits per heavy atom. The second-order valence-corrected chi connectivity index (χ2v) is 3.35. The standard InChI is InChI=1S/C10H10ClN3/c11-9-4-2-1-3-8(9)10-13-6-7(5-12)14-10/h1-4,6H,5,12H2,(H,13,14). The highest BCUT2D eigenvalue weighted by Gasteiger charge is 2.05. The van der Waals surface area contributed by atoms with Gasteiger partial charge in [0.2, 0.25) is 0 Å². The summed E-state index contributed by atoms with van der Waals surface area (Å²) in [4.78, 5) is 7.30. The highest BCUT2D eigenvalue weighted by Crippen LogP contribution is 2.24. The van der Waals surface area contributed by atoms with E-state index in [0.717, 1.165) is 17.1 Å². The fourth-order valence-corrected chi connectivity index (χ4v) is 1.48. The van der Waals surface area contributed by atoms with Crippen LogP contribution in [0.3, 0.4) is 0 Å². The number of halogens is 1. The Hall–Kier alpha value is -1.32. The van der Waals surface area contributed by atoms with Crippen molar-refractivity contribution in [3.8, 4) is 11.4 Å². The summed E-state index contributed by atoms with van der Waals surface area (Å²) < 4.78 is 0. The van der Waals surface area contributed by atoms with Crippen LogP contribution in [0, 0.1) is 0 Å². The molecular weight excluding hydrogens is 198 g/mol. The molecule has 2 aromatic rings. The van der Waals surface area contributed by atoms with Crippen LogP contribution >= 0.6 is 11.6 Å². The van der Waals surface area contributed by atoms with Gasteiger partial charge < -0.3 is 10.7 Å². The minimum absolute atomic E-state index is 0.456. The first-order chi connectivity index (χ1) is 6.81. The smallest absolute Gasteiger partial charge is 0.139 e. The van der Waals surface area contributed by atoms with E-state index >= 15 is 0 Å². The van der Waals surface area contributed by atoms with E-state index in [1.165, 1.54) is 0 Å². The van der Waals surface area contributed by atoms with Crippen molar-refractivity contribution >= 4 is 11.6 Å². The zero-order chi connectivity index (χ0) is 9.97. The lowest BCUT2D eigenvalue weighted by atomic mass is 10.2. The average molecular weight is 208 g/mol. The van der Waals surface area contributed by atoms with Crippen LogP contribution in [0.4, 0.5) is 0 Å². The van der Waals surface area contributed by atoms with Gasteiger partial charge in [-0.2, -0.15) is 0 Å². The maximum absolute atomic E-state index is 6.02. The lowest BCUT2D eigenvalue weighted by molar-refractivity contribution is 1.01. The monoisotopic (exact) mass is 207 g/mol. The molecule has 0 bridgehead atoms. The minimum Gasteiger partial charge on any atom is -0.341 e. The molecule has 0 unspecified atom stereocenters. The van der Waals surface area contributed by atoms with Crippen molar-refractivity contribution in [2.75, 3.05) is 0 Å². The van der Waals surface area contributed by atoms with Crippen molar-refractivity contribution < 1.29 is 0 Å². The molecule has 1 aromatic carbocycles. The molecule has 72 valence electrons. The molecule has 0 aliphatic heterocycles. The number of aromatic amines is 1. The fourth-order valence-electron chi connectivity index (χ4n) is 1.25. The van der Waals surface area contributed by atoms with Gasteiger partial charge in [0.15, 0.2) is 0 Å². The van der Waals surface area contributed by atoms with Crippen molar-refractivity contribution in [2.24, 2.45) is 5.73 Å². The number of nitrogens with zero attached hydrogens (tertiary/aromatic N) is 1. The van der Waals surface area contributed by atoms with Gasteiger partial charge in [0.1, 0.15) is 5.82 Å². The third kappa shape index (κ3) is 1.64. The molecule has 0 aliphatic rings. The van der Waals surface area contributed by atoms with Crippen molar-refractivity contribution in [3.05, 3.63) is 41.2 Å². The number of benzene rings is 1. The number of aromatic nitrogens is 2. The summed E-state index contributed by atoms with van der Waals surface area (Å²) >= 11 is 6.02. The lowest BCUT2D eigenvalue weighted by Gasteiger charge is -1.98. The summed E-state index contributed by atoms with van der Waals surface area (Å²) in [6, 6.07) is 7.56. The second kappa shape index (κ2) is 3.82. The van der Waals surface area contributed by atoms with E-state index < -0.39 is 0 Å². The summed E-state index contributed by atoms with van der Waals surface area (Å²) in [6.07, 6.45) is 1.72. The van der Waals surface area contributed by atoms with E-state index in [1.54, 1.807) is 6.20 Å². The van der Waals surface area contributed by atoms with Gasteiger partial charge in [-0.3, -0.25) is 0 Å². The molecule has 0 spiro atoms. The molecule has 2 rings (SSSR count). The van der Waals surface area contributed by atoms with Gasteiger partial charge in [-0.05, 0) is 12.1 Å². The van der Waals surface area contributed by atoms with E-state index in [1.807, 2.05) is 24.3 Å². The predicted molar refractivity (Wildman–Crippen MR) is 56.9 cm³/mol. The Balaban J connectivity index is 2.44. The maximum atomic E-state index is 6.02. The van der Waals surface area contributed by atoms with Crippen molar-refractivity contribution in [1.82, 2.24) is 9.97 Å². The number of rotatable bonds is 2. The molecule has 14 heavy (non-hydrogen) atoms. The molecule has 0 radical (unpaired) electrons. The van der Waals surface area contributed by atoms with E-state index in [0.29, 0.717) is 11.6 Å². The predicted octanol–water partition coefficient (Wildman–Crippen LogP) is 2.19. The third-order valence-electron chi connectivity index (χ3n) is 1.98. The Bertz CT molecular complexity index is 436. The van der Waals surface area contributed by atoms with Crippen molar-refractivity contribution in [2.45, 2.75) is 6.54 Å². The Morgan fingerprint density at radius 1 is 1.36 bits per heavy atom. The third-order valence-corrected chi connectivity index (χ3v) is 2.31. The van der Waals surface area contributed by atoms with Crippen LogP contribution in [0.25, 0.3) is 11.4 Å². The second-order valence-electron chi connectivity index (χ2n) is 2.94. The summed E-state index contributed by atoms with van der Waals surface area (Å²) in [5.74, 6) is 0.760. The van der Waals surface area contributed by atoms with Gasteiger partial charge in [0.25, 0.3) is 0 Å². The molecule has 1 aromatic heterocycles. The van der Waals surface area contributed by atoms with Crippen molar-refractivity contribution in [3.63, 3.8) is 0 Å². The zero-order valence-corrected chi connectivity index (χ0v) is 8.25. The van der Waals surface area contributed by atoms with Gasteiger partial charge in [0, 0.05) is 24.0 Å². The molecular formula is C10H10ClN3. The SMILES string of the molecule is NCc1cnc(-c2ccccc2Cl)[nH]1. The quantitative estimate of drug-likeness (QED) is 0.793. The molecule has 3 nitrogen and oxygen atoms in total. The molecule has 0 aliphatic carbocycles. The van der Waals surface area contributed by atoms with Crippen LogP contribution in [0.5, 0.6) is 0 Å². The zero-order valence-electron chi connectivity index (χ0n) is 7.50. The van der Waals surface area contributed by atoms with E-state index in [4.69, 9.17) is 17.3 Å². The van der Waals surface area contributed by atoms with E-state index in [9.17, 15) is 0 Å². The Morgan fingerprint density at radius 2 is 2.14 bits per heavy atom. The molecule has 0 amide bonds. The molecule has 3 N–H and O–H groups in total. The number of nitrogens with two attached hydrogens (primary N) is 1. The fraction of sp³-hybridized carbons (Fsp3) is 0.100. The summed E-state index contributed by atoms with van der Waals surface area (Å²) in [7, 11) is 0. The normalized spacial score (nSPS) is 10.4. The van der Waals surface area contributed by atoms with E-state index in [2.05, 4.69) is 9.97 Å². The Labute approximate surface area is 86.9 Å². The first-order valence-electron chi connectivity index (χ1n) is 4.30. The molecule has 0 saturated heterocycles. The Kier molecular flexibility index (Phi) is 2.52. The van der Waals surface area contributed by atoms with Gasteiger partial charge in [-0.25, -0.2) is 4.98 Å². The van der Waals surface area contributed by atoms with Crippen LogP contribution in [0.15, 0.2) is 30.5 Å². The van der Waals surface area contributed by atoms with Gasteiger partial charge in [0.05, 0.1) is 5.02 Å². The number of nitrogens with one attached hydrogen (secondary N) is 1. The van der Waals surface area contributed by atoms with Gasteiger partial charge in [-0.15, -0.1) is 0 Å². The van der Waals surface area contributed by atoms with Crippen LogP contribution < -0.4 is 5.73 Å². The largest absolute Gasteiger partial charge is 0.341 e. The summed E-state index contributed by atoms with van der Waals surface area (Å²) in [5.41, 5.74) is 7.27. The van der Waals surface area contributed by atoms with Gasteiger partial charge in [-0.1, -0.05) is 23.7 Å². The van der Waals surface area contributed by atoms with Gasteiger partial charge >= 0.3 is 0 Å². The highest BCUT2D eigenvalue weighted by atomic mass is 35.5. The van der Waals surface area contributed by atoms with Crippen LogP contribution in [0.1, 0.15) is 5.69 Å². The molecule has 1 heterocycles. The molecule has 0 atom stereocenters. The highest BCUT2D eigenvalue weighted by molar-refractivity contribution is 6.33. The molecule has 0 fully saturated rings. The average Bonchev–Trinajstić information content (AvgIpc) is 2.67. The number of imidazole rings is 1. The first kappa shape index (κ1) is 9.24.